The summed E-state index contributed by atoms with van der Waals surface area (Å²) in [6, 6.07) is 6.37. The fourth-order valence-electron chi connectivity index (χ4n) is 4.93. The molecule has 0 N–H and O–H groups in total. The number of sulfonamides is 1. The molecule has 26 heavy (non-hydrogen) atoms. The number of hydrogen-bond acceptors (Lipinski definition) is 5. The molecule has 0 aliphatic carbocycles. The molecule has 0 aromatic carbocycles. The molecule has 0 saturated carbocycles. The van der Waals surface area contributed by atoms with E-state index in [0.29, 0.717) is 6.10 Å². The summed E-state index contributed by atoms with van der Waals surface area (Å²) in [6.45, 7) is 2.98. The van der Waals surface area contributed by atoms with Crippen LogP contribution in [0.3, 0.4) is 0 Å². The third-order valence-corrected chi connectivity index (χ3v) is 7.40. The number of piperidine rings is 2. The van der Waals surface area contributed by atoms with E-state index in [2.05, 4.69) is 16.0 Å². The summed E-state index contributed by atoms with van der Waals surface area (Å²) < 4.78 is 32.2. The highest BCUT2D eigenvalue weighted by molar-refractivity contribution is 7.88. The second-order valence-corrected chi connectivity index (χ2v) is 9.89. The lowest BCUT2D eigenvalue weighted by Gasteiger charge is -2.40. The van der Waals surface area contributed by atoms with E-state index in [9.17, 15) is 8.42 Å². The quantitative estimate of drug-likeness (QED) is 0.783. The Kier molecular flexibility index (Phi) is 5.32. The maximum Gasteiger partial charge on any atom is 0.211 e. The Morgan fingerprint density at radius 2 is 1.77 bits per heavy atom. The molecule has 4 rings (SSSR count). The highest BCUT2D eigenvalue weighted by atomic mass is 32.2. The molecule has 3 aliphatic rings. The van der Waals surface area contributed by atoms with Gasteiger partial charge in [-0.3, -0.25) is 9.88 Å². The molecule has 3 aliphatic heterocycles. The van der Waals surface area contributed by atoms with Crippen molar-refractivity contribution < 1.29 is 13.2 Å². The average Bonchev–Trinajstić information content (AvgIpc) is 2.90. The van der Waals surface area contributed by atoms with E-state index in [1.807, 2.05) is 18.3 Å². The number of hydrogen-bond donors (Lipinski definition) is 0. The first kappa shape index (κ1) is 18.3. The van der Waals surface area contributed by atoms with E-state index in [1.165, 1.54) is 6.26 Å². The van der Waals surface area contributed by atoms with Crippen molar-refractivity contribution in [2.24, 2.45) is 0 Å². The molecule has 144 valence electrons. The van der Waals surface area contributed by atoms with Crippen LogP contribution in [-0.2, 0) is 21.3 Å². The fourth-order valence-corrected chi connectivity index (χ4v) is 6.40. The largest absolute Gasteiger partial charge is 0.375 e. The van der Waals surface area contributed by atoms with Gasteiger partial charge in [0.1, 0.15) is 0 Å². The highest BCUT2D eigenvalue weighted by Crippen LogP contribution is 2.39. The summed E-state index contributed by atoms with van der Waals surface area (Å²) in [6.07, 6.45) is 9.51. The zero-order chi connectivity index (χ0) is 18.1. The first-order chi connectivity index (χ1) is 12.5. The Balaban J connectivity index is 1.26. The Morgan fingerprint density at radius 3 is 2.35 bits per heavy atom. The van der Waals surface area contributed by atoms with Gasteiger partial charge in [-0.25, -0.2) is 8.42 Å². The highest BCUT2D eigenvalue weighted by Gasteiger charge is 2.46. The Bertz CT molecular complexity index is 690. The molecule has 1 unspecified atom stereocenters. The second-order valence-electron chi connectivity index (χ2n) is 8.00. The standard InChI is InChI=1S/C19H29N3O3S/c1-26(23,24)22-16-5-6-17(22)13-19(12-16)25-18-7-10-21(11-8-18)14-15-4-2-3-9-20-15/h2-4,9,16-19H,5-8,10-14H2,1H3/t16-,17+,19?. The van der Waals surface area contributed by atoms with Crippen molar-refractivity contribution in [3.05, 3.63) is 30.1 Å². The van der Waals surface area contributed by atoms with Gasteiger partial charge < -0.3 is 4.74 Å². The van der Waals surface area contributed by atoms with E-state index in [0.717, 1.165) is 63.9 Å². The maximum absolute atomic E-state index is 12.0. The molecule has 4 heterocycles. The summed E-state index contributed by atoms with van der Waals surface area (Å²) >= 11 is 0. The van der Waals surface area contributed by atoms with Crippen LogP contribution in [0.5, 0.6) is 0 Å². The van der Waals surface area contributed by atoms with Crippen LogP contribution in [0.2, 0.25) is 0 Å². The molecule has 1 aromatic rings. The normalized spacial score (nSPS) is 31.3. The topological polar surface area (TPSA) is 62.7 Å². The Hall–Kier alpha value is -1.02. The van der Waals surface area contributed by atoms with E-state index < -0.39 is 10.0 Å². The van der Waals surface area contributed by atoms with Crippen LogP contribution in [0.15, 0.2) is 24.4 Å². The van der Waals surface area contributed by atoms with Gasteiger partial charge >= 0.3 is 0 Å². The van der Waals surface area contributed by atoms with Crippen LogP contribution in [-0.4, -0.2) is 66.2 Å². The van der Waals surface area contributed by atoms with Crippen LogP contribution >= 0.6 is 0 Å². The van der Waals surface area contributed by atoms with Crippen LogP contribution < -0.4 is 0 Å². The number of pyridine rings is 1. The molecule has 3 saturated heterocycles. The Labute approximate surface area is 156 Å². The van der Waals surface area contributed by atoms with Crippen molar-refractivity contribution in [1.29, 1.82) is 0 Å². The smallest absolute Gasteiger partial charge is 0.211 e. The minimum Gasteiger partial charge on any atom is -0.375 e. The van der Waals surface area contributed by atoms with E-state index in [4.69, 9.17) is 4.74 Å². The first-order valence-electron chi connectivity index (χ1n) is 9.75. The fraction of sp³-hybridized carbons (Fsp3) is 0.737. The van der Waals surface area contributed by atoms with Crippen molar-refractivity contribution >= 4 is 10.0 Å². The van der Waals surface area contributed by atoms with Crippen LogP contribution in [0.4, 0.5) is 0 Å². The van der Waals surface area contributed by atoms with Gasteiger partial charge in [-0.15, -0.1) is 0 Å². The van der Waals surface area contributed by atoms with Gasteiger partial charge in [-0.05, 0) is 50.7 Å². The van der Waals surface area contributed by atoms with Crippen LogP contribution in [0, 0.1) is 0 Å². The summed E-state index contributed by atoms with van der Waals surface area (Å²) in [5, 5.41) is 0. The predicted octanol–water partition coefficient (Wildman–Crippen LogP) is 2.02. The van der Waals surface area contributed by atoms with Crippen LogP contribution in [0.1, 0.15) is 44.2 Å². The van der Waals surface area contributed by atoms with Gasteiger partial charge in [0, 0.05) is 37.9 Å². The van der Waals surface area contributed by atoms with Crippen molar-refractivity contribution in [3.63, 3.8) is 0 Å². The van der Waals surface area contributed by atoms with Crippen molar-refractivity contribution in [3.8, 4) is 0 Å². The summed E-state index contributed by atoms with van der Waals surface area (Å²) in [5.41, 5.74) is 1.12. The predicted molar refractivity (Wildman–Crippen MR) is 100 cm³/mol. The third-order valence-electron chi connectivity index (χ3n) is 6.04. The summed E-state index contributed by atoms with van der Waals surface area (Å²) in [5.74, 6) is 0. The molecular formula is C19H29N3O3S. The molecule has 1 aromatic heterocycles. The molecule has 3 fully saturated rings. The van der Waals surface area contributed by atoms with Gasteiger partial charge in [0.2, 0.25) is 10.0 Å². The third kappa shape index (κ3) is 4.11. The lowest BCUT2D eigenvalue weighted by atomic mass is 10.0. The van der Waals surface area contributed by atoms with Gasteiger partial charge in [-0.2, -0.15) is 4.31 Å². The van der Waals surface area contributed by atoms with E-state index in [-0.39, 0.29) is 18.2 Å². The zero-order valence-corrected chi connectivity index (χ0v) is 16.3. The number of fused-ring (bicyclic) bond motifs is 2. The first-order valence-corrected chi connectivity index (χ1v) is 11.6. The lowest BCUT2D eigenvalue weighted by molar-refractivity contribution is -0.0697. The molecule has 0 radical (unpaired) electrons. The molecular weight excluding hydrogens is 350 g/mol. The minimum absolute atomic E-state index is 0.151. The summed E-state index contributed by atoms with van der Waals surface area (Å²) in [7, 11) is -3.09. The van der Waals surface area contributed by atoms with Crippen molar-refractivity contribution in [2.75, 3.05) is 19.3 Å². The molecule has 2 bridgehead atoms. The average molecular weight is 380 g/mol. The minimum atomic E-state index is -3.09. The second kappa shape index (κ2) is 7.54. The van der Waals surface area contributed by atoms with Gasteiger partial charge in [-0.1, -0.05) is 6.07 Å². The molecule has 6 nitrogen and oxygen atoms in total. The SMILES string of the molecule is CS(=O)(=O)N1[C@@H]2CC[C@H]1CC(OC1CCN(Cc3ccccn3)CC1)C2. The monoisotopic (exact) mass is 379 g/mol. The molecule has 3 atom stereocenters. The van der Waals surface area contributed by atoms with Crippen molar-refractivity contribution in [2.45, 2.75) is 69.4 Å². The lowest BCUT2D eigenvalue weighted by Crippen LogP contribution is -2.49. The number of likely N-dealkylation sites (tertiary alicyclic amines) is 1. The van der Waals surface area contributed by atoms with Gasteiger partial charge in [0.05, 0.1) is 24.2 Å². The number of ether oxygens (including phenoxy) is 1. The maximum atomic E-state index is 12.0. The number of aromatic nitrogens is 1. The van der Waals surface area contributed by atoms with Gasteiger partial charge in [0.15, 0.2) is 0 Å². The van der Waals surface area contributed by atoms with E-state index in [1.54, 1.807) is 4.31 Å². The van der Waals surface area contributed by atoms with Gasteiger partial charge in [0.25, 0.3) is 0 Å². The Morgan fingerprint density at radius 1 is 1.08 bits per heavy atom. The summed E-state index contributed by atoms with van der Waals surface area (Å²) in [4.78, 5) is 6.85. The molecule has 0 spiro atoms. The molecule has 0 amide bonds. The van der Waals surface area contributed by atoms with E-state index >= 15 is 0 Å². The van der Waals surface area contributed by atoms with Crippen LogP contribution in [0.25, 0.3) is 0 Å². The zero-order valence-electron chi connectivity index (χ0n) is 15.5. The number of nitrogens with zero attached hydrogens (tertiary/aromatic N) is 3. The van der Waals surface area contributed by atoms with Crippen molar-refractivity contribution in [1.82, 2.24) is 14.2 Å². The number of rotatable bonds is 5. The molecule has 7 heteroatoms.